The maximum absolute atomic E-state index is 9.98. The lowest BCUT2D eigenvalue weighted by atomic mass is 10.5. The molecule has 5 heteroatoms. The third-order valence-corrected chi connectivity index (χ3v) is 4.38. The average molecular weight is 168 g/mol. The van der Waals surface area contributed by atoms with Crippen LogP contribution in [0.25, 0.3) is 0 Å². The lowest BCUT2D eigenvalue weighted by Gasteiger charge is -2.29. The van der Waals surface area contributed by atoms with Crippen molar-refractivity contribution in [2.45, 2.75) is 6.42 Å². The SMILES string of the molecule is CS1(OP=O)CCCO1. The molecular weight excluding hydrogens is 159 g/mol. The van der Waals surface area contributed by atoms with Crippen LogP contribution in [0, 0.1) is 0 Å². The minimum atomic E-state index is -1.38. The Morgan fingerprint density at radius 1 is 1.78 bits per heavy atom. The minimum Gasteiger partial charge on any atom is -0.284 e. The van der Waals surface area contributed by atoms with Crippen molar-refractivity contribution in [1.29, 1.82) is 0 Å². The van der Waals surface area contributed by atoms with Crippen molar-refractivity contribution >= 4 is 19.3 Å². The van der Waals surface area contributed by atoms with Crippen LogP contribution in [0.3, 0.4) is 0 Å². The fraction of sp³-hybridized carbons (Fsp3) is 1.00. The van der Waals surface area contributed by atoms with Crippen LogP contribution in [0.5, 0.6) is 0 Å². The van der Waals surface area contributed by atoms with E-state index < -0.39 is 10.6 Å². The maximum atomic E-state index is 9.98. The summed E-state index contributed by atoms with van der Waals surface area (Å²) in [5.41, 5.74) is 0. The molecule has 0 aromatic rings. The molecule has 9 heavy (non-hydrogen) atoms. The monoisotopic (exact) mass is 168 g/mol. The second kappa shape index (κ2) is 2.97. The van der Waals surface area contributed by atoms with Gasteiger partial charge in [-0.25, -0.2) is 4.57 Å². The normalized spacial score (nSPS) is 42.8. The second-order valence-corrected chi connectivity index (χ2v) is 5.20. The van der Waals surface area contributed by atoms with Crippen LogP contribution in [0.1, 0.15) is 6.42 Å². The highest BCUT2D eigenvalue weighted by atomic mass is 32.3. The first kappa shape index (κ1) is 7.48. The summed E-state index contributed by atoms with van der Waals surface area (Å²) in [6.45, 7) is 0.751. The zero-order valence-electron chi connectivity index (χ0n) is 5.20. The van der Waals surface area contributed by atoms with Crippen molar-refractivity contribution in [1.82, 2.24) is 0 Å². The van der Waals surface area contributed by atoms with Crippen molar-refractivity contribution in [3.8, 4) is 0 Å². The first-order chi connectivity index (χ1) is 4.27. The highest BCUT2D eigenvalue weighted by Crippen LogP contribution is 2.53. The first-order valence-electron chi connectivity index (χ1n) is 2.68. The van der Waals surface area contributed by atoms with Gasteiger partial charge in [-0.15, -0.1) is 0 Å². The van der Waals surface area contributed by atoms with Gasteiger partial charge in [0.05, 0.1) is 6.61 Å². The van der Waals surface area contributed by atoms with E-state index in [0.717, 1.165) is 18.8 Å². The molecule has 0 radical (unpaired) electrons. The molecule has 0 saturated carbocycles. The third-order valence-electron chi connectivity index (χ3n) is 1.18. The molecule has 54 valence electrons. The van der Waals surface area contributed by atoms with E-state index in [1.54, 1.807) is 0 Å². The van der Waals surface area contributed by atoms with Crippen molar-refractivity contribution in [2.24, 2.45) is 0 Å². The van der Waals surface area contributed by atoms with E-state index in [4.69, 9.17) is 8.15 Å². The second-order valence-electron chi connectivity index (χ2n) is 1.95. The van der Waals surface area contributed by atoms with Gasteiger partial charge in [-0.2, -0.15) is 14.6 Å². The van der Waals surface area contributed by atoms with Gasteiger partial charge in [-0.1, -0.05) is 0 Å². The molecule has 1 aliphatic rings. The highest BCUT2D eigenvalue weighted by Gasteiger charge is 2.21. The molecule has 0 spiro atoms. The molecule has 0 aliphatic carbocycles. The van der Waals surface area contributed by atoms with Crippen LogP contribution in [-0.2, 0) is 12.7 Å². The Morgan fingerprint density at radius 2 is 2.56 bits per heavy atom. The van der Waals surface area contributed by atoms with Crippen LogP contribution >= 0.6 is 19.3 Å². The van der Waals surface area contributed by atoms with E-state index in [1.807, 2.05) is 6.26 Å². The summed E-state index contributed by atoms with van der Waals surface area (Å²) >= 11 is 0. The summed E-state index contributed by atoms with van der Waals surface area (Å²) in [5.74, 6) is 0.919. The predicted molar refractivity (Wildman–Crippen MR) is 37.6 cm³/mol. The highest BCUT2D eigenvalue weighted by molar-refractivity contribution is 8.26. The van der Waals surface area contributed by atoms with Gasteiger partial charge in [0.1, 0.15) is 0 Å². The van der Waals surface area contributed by atoms with Gasteiger partial charge in [0, 0.05) is 12.0 Å². The molecular formula is C4H9O3PS. The zero-order valence-corrected chi connectivity index (χ0v) is 6.91. The predicted octanol–water partition coefficient (Wildman–Crippen LogP) is 1.89. The molecule has 1 rings (SSSR count). The number of rotatable bonds is 2. The molecule has 1 fully saturated rings. The van der Waals surface area contributed by atoms with Gasteiger partial charge >= 0.3 is 8.69 Å². The molecule has 1 atom stereocenters. The lowest BCUT2D eigenvalue weighted by Crippen LogP contribution is -1.95. The van der Waals surface area contributed by atoms with Crippen molar-refractivity contribution in [3.05, 3.63) is 0 Å². The van der Waals surface area contributed by atoms with Gasteiger partial charge in [0.2, 0.25) is 0 Å². The van der Waals surface area contributed by atoms with Crippen LogP contribution in [0.2, 0.25) is 0 Å². The van der Waals surface area contributed by atoms with Gasteiger partial charge in [0.25, 0.3) is 0 Å². The fourth-order valence-electron chi connectivity index (χ4n) is 0.738. The van der Waals surface area contributed by atoms with E-state index in [9.17, 15) is 4.57 Å². The zero-order chi connectivity index (χ0) is 6.74. The van der Waals surface area contributed by atoms with Crippen molar-refractivity contribution in [2.75, 3.05) is 18.6 Å². The molecule has 3 nitrogen and oxygen atoms in total. The molecule has 1 heterocycles. The van der Waals surface area contributed by atoms with Crippen LogP contribution in [-0.4, -0.2) is 18.6 Å². The Morgan fingerprint density at radius 3 is 3.00 bits per heavy atom. The quantitative estimate of drug-likeness (QED) is 0.590. The molecule has 0 N–H and O–H groups in total. The topological polar surface area (TPSA) is 35.5 Å². The smallest absolute Gasteiger partial charge is 0.284 e. The van der Waals surface area contributed by atoms with Crippen molar-refractivity contribution in [3.63, 3.8) is 0 Å². The minimum absolute atomic E-state index is 0.258. The van der Waals surface area contributed by atoms with E-state index in [0.29, 0.717) is 0 Å². The van der Waals surface area contributed by atoms with Crippen molar-refractivity contribution < 1.29 is 12.7 Å². The molecule has 0 aromatic heterocycles. The van der Waals surface area contributed by atoms with Crippen LogP contribution in [0.15, 0.2) is 0 Å². The van der Waals surface area contributed by atoms with Gasteiger partial charge < -0.3 is 0 Å². The Kier molecular flexibility index (Phi) is 2.47. The molecule has 0 aromatic carbocycles. The standard InChI is InChI=1S/C4H9O3PS/c1-9(7-8-5)4-2-3-6-9/h2-4H2,1H3. The summed E-state index contributed by atoms with van der Waals surface area (Å²) < 4.78 is 20.1. The molecule has 0 bridgehead atoms. The summed E-state index contributed by atoms with van der Waals surface area (Å²) in [6.07, 6.45) is 2.91. The van der Waals surface area contributed by atoms with Crippen LogP contribution in [0.4, 0.5) is 0 Å². The van der Waals surface area contributed by atoms with Gasteiger partial charge in [0.15, 0.2) is 0 Å². The van der Waals surface area contributed by atoms with E-state index >= 15 is 0 Å². The Hall–Kier alpha value is 0.370. The van der Waals surface area contributed by atoms with E-state index in [2.05, 4.69) is 0 Å². The van der Waals surface area contributed by atoms with E-state index in [1.165, 1.54) is 0 Å². The van der Waals surface area contributed by atoms with Crippen LogP contribution < -0.4 is 0 Å². The molecule has 1 unspecified atom stereocenters. The molecule has 0 amide bonds. The summed E-state index contributed by atoms with van der Waals surface area (Å²) in [6, 6.07) is 0. The average Bonchev–Trinajstić information content (AvgIpc) is 2.16. The Balaban J connectivity index is 2.40. The third kappa shape index (κ3) is 1.90. The van der Waals surface area contributed by atoms with Gasteiger partial charge in [-0.3, -0.25) is 4.18 Å². The summed E-state index contributed by atoms with van der Waals surface area (Å²) in [4.78, 5) is 0. The summed E-state index contributed by atoms with van der Waals surface area (Å²) in [7, 11) is -1.64. The van der Waals surface area contributed by atoms with Gasteiger partial charge in [-0.05, 0) is 6.42 Å². The fourth-order valence-corrected chi connectivity index (χ4v) is 2.95. The Labute approximate surface area is 57.7 Å². The summed E-state index contributed by atoms with van der Waals surface area (Å²) in [5, 5.41) is 0. The molecule has 1 saturated heterocycles. The Bertz CT molecular complexity index is 112. The number of hydrogen-bond acceptors (Lipinski definition) is 3. The maximum Gasteiger partial charge on any atom is 0.348 e. The number of hydrogen-bond donors (Lipinski definition) is 0. The first-order valence-corrected chi connectivity index (χ1v) is 5.47. The molecule has 1 aliphatic heterocycles. The van der Waals surface area contributed by atoms with E-state index in [-0.39, 0.29) is 8.69 Å². The largest absolute Gasteiger partial charge is 0.348 e. The lowest BCUT2D eigenvalue weighted by molar-refractivity contribution is 0.362.